The highest BCUT2D eigenvalue weighted by Gasteiger charge is 2.15. The monoisotopic (exact) mass is 341 g/mol. The molecule has 0 bridgehead atoms. The van der Waals surface area contributed by atoms with Crippen molar-refractivity contribution in [1.29, 1.82) is 0 Å². The third-order valence-corrected chi connectivity index (χ3v) is 4.19. The topological polar surface area (TPSA) is 87.2 Å². The molecule has 0 saturated carbocycles. The number of amides is 1. The van der Waals surface area contributed by atoms with E-state index in [1.165, 1.54) is 6.26 Å². The van der Waals surface area contributed by atoms with Crippen molar-refractivity contribution in [3.05, 3.63) is 60.7 Å². The smallest absolute Gasteiger partial charge is 0.340 e. The van der Waals surface area contributed by atoms with Crippen LogP contribution in [-0.2, 0) is 10.8 Å². The Hall–Kier alpha value is -2.93. The summed E-state index contributed by atoms with van der Waals surface area (Å²) in [6.07, 6.45) is 1.47. The van der Waals surface area contributed by atoms with Crippen LogP contribution in [0.25, 0.3) is 11.3 Å². The first-order valence-electron chi connectivity index (χ1n) is 7.11. The number of benzene rings is 2. The van der Waals surface area contributed by atoms with Crippen LogP contribution in [0, 0.1) is 0 Å². The first-order chi connectivity index (χ1) is 11.5. The standard InChI is InChI=1S/C17H15N3O3S/c1-24(22)16-11-15(19-20(16)17(18)21)12-7-9-14(10-8-12)23-13-5-3-2-4-6-13/h2-11H,1H3,(H2,18,21). The summed E-state index contributed by atoms with van der Waals surface area (Å²) >= 11 is 0. The van der Waals surface area contributed by atoms with Gasteiger partial charge in [-0.1, -0.05) is 18.2 Å². The van der Waals surface area contributed by atoms with Crippen molar-refractivity contribution in [2.24, 2.45) is 5.73 Å². The van der Waals surface area contributed by atoms with E-state index in [1.54, 1.807) is 18.2 Å². The molecule has 1 aromatic heterocycles. The molecular weight excluding hydrogens is 326 g/mol. The highest BCUT2D eigenvalue weighted by Crippen LogP contribution is 2.26. The second kappa shape index (κ2) is 6.67. The van der Waals surface area contributed by atoms with E-state index in [2.05, 4.69) is 5.10 Å². The lowest BCUT2D eigenvalue weighted by Gasteiger charge is -2.05. The predicted octanol–water partition coefficient (Wildman–Crippen LogP) is 3.01. The fourth-order valence-corrected chi connectivity index (χ4v) is 2.84. The number of ether oxygens (including phenoxy) is 1. The van der Waals surface area contributed by atoms with Crippen LogP contribution in [0.3, 0.4) is 0 Å². The van der Waals surface area contributed by atoms with Crippen molar-refractivity contribution in [2.75, 3.05) is 6.26 Å². The number of aromatic nitrogens is 2. The number of nitrogens with two attached hydrogens (primary N) is 1. The molecule has 0 aliphatic rings. The van der Waals surface area contributed by atoms with Crippen LogP contribution in [0.15, 0.2) is 65.7 Å². The Morgan fingerprint density at radius 2 is 1.71 bits per heavy atom. The Bertz CT molecular complexity index is 858. The summed E-state index contributed by atoms with van der Waals surface area (Å²) in [5.41, 5.74) is 6.55. The van der Waals surface area contributed by atoms with Crippen LogP contribution < -0.4 is 10.5 Å². The van der Waals surface area contributed by atoms with Crippen LogP contribution in [0.5, 0.6) is 11.5 Å². The Kier molecular flexibility index (Phi) is 4.43. The van der Waals surface area contributed by atoms with Gasteiger partial charge in [0.15, 0.2) is 0 Å². The molecule has 2 aromatic carbocycles. The van der Waals surface area contributed by atoms with Crippen molar-refractivity contribution in [3.8, 4) is 22.8 Å². The van der Waals surface area contributed by atoms with Crippen molar-refractivity contribution in [2.45, 2.75) is 5.03 Å². The molecule has 0 fully saturated rings. The molecule has 7 heteroatoms. The van der Waals surface area contributed by atoms with Crippen LogP contribution in [-0.4, -0.2) is 26.3 Å². The number of para-hydroxylation sites is 1. The third kappa shape index (κ3) is 3.36. The van der Waals surface area contributed by atoms with Gasteiger partial charge >= 0.3 is 6.03 Å². The van der Waals surface area contributed by atoms with Gasteiger partial charge in [0.2, 0.25) is 0 Å². The average molecular weight is 341 g/mol. The summed E-state index contributed by atoms with van der Waals surface area (Å²) in [7, 11) is -1.37. The van der Waals surface area contributed by atoms with E-state index in [9.17, 15) is 9.00 Å². The van der Waals surface area contributed by atoms with E-state index in [0.29, 0.717) is 11.4 Å². The molecule has 6 nitrogen and oxygen atoms in total. The molecule has 122 valence electrons. The van der Waals surface area contributed by atoms with Crippen LogP contribution in [0.2, 0.25) is 0 Å². The second-order valence-electron chi connectivity index (χ2n) is 5.01. The Morgan fingerprint density at radius 3 is 2.25 bits per heavy atom. The molecule has 3 aromatic rings. The predicted molar refractivity (Wildman–Crippen MR) is 91.5 cm³/mol. The fourth-order valence-electron chi connectivity index (χ4n) is 2.19. The van der Waals surface area contributed by atoms with Gasteiger partial charge in [0.05, 0.1) is 16.5 Å². The molecular formula is C17H15N3O3S. The van der Waals surface area contributed by atoms with E-state index in [0.717, 1.165) is 16.0 Å². The molecule has 0 spiro atoms. The molecule has 0 radical (unpaired) electrons. The van der Waals surface area contributed by atoms with Gasteiger partial charge in [0.1, 0.15) is 16.5 Å². The molecule has 1 unspecified atom stereocenters. The van der Waals surface area contributed by atoms with Gasteiger partial charge in [0, 0.05) is 17.9 Å². The van der Waals surface area contributed by atoms with E-state index in [1.807, 2.05) is 42.5 Å². The molecule has 0 aliphatic carbocycles. The fraction of sp³-hybridized carbons (Fsp3) is 0.0588. The molecule has 1 atom stereocenters. The van der Waals surface area contributed by atoms with Gasteiger partial charge in [-0.2, -0.15) is 9.78 Å². The number of carbonyl (C=O) groups excluding carboxylic acids is 1. The van der Waals surface area contributed by atoms with Gasteiger partial charge in [-0.3, -0.25) is 4.21 Å². The normalized spacial score (nSPS) is 11.9. The summed E-state index contributed by atoms with van der Waals surface area (Å²) in [5, 5.41) is 4.39. The molecule has 0 saturated heterocycles. The van der Waals surface area contributed by atoms with Gasteiger partial charge < -0.3 is 10.5 Å². The lowest BCUT2D eigenvalue weighted by molar-refractivity contribution is 0.245. The maximum absolute atomic E-state index is 11.7. The van der Waals surface area contributed by atoms with E-state index in [4.69, 9.17) is 10.5 Å². The van der Waals surface area contributed by atoms with Crippen molar-refractivity contribution >= 4 is 16.8 Å². The van der Waals surface area contributed by atoms with Gasteiger partial charge in [0.25, 0.3) is 0 Å². The molecule has 1 heterocycles. The first-order valence-corrected chi connectivity index (χ1v) is 8.67. The molecule has 0 aliphatic heterocycles. The Morgan fingerprint density at radius 1 is 1.08 bits per heavy atom. The lowest BCUT2D eigenvalue weighted by atomic mass is 10.1. The minimum Gasteiger partial charge on any atom is -0.457 e. The summed E-state index contributed by atoms with van der Waals surface area (Å²) in [6.45, 7) is 0. The quantitative estimate of drug-likeness (QED) is 0.790. The lowest BCUT2D eigenvalue weighted by Crippen LogP contribution is -2.23. The van der Waals surface area contributed by atoms with E-state index < -0.39 is 16.8 Å². The van der Waals surface area contributed by atoms with Crippen molar-refractivity contribution in [1.82, 2.24) is 9.78 Å². The minimum atomic E-state index is -1.37. The van der Waals surface area contributed by atoms with Crippen LogP contribution in [0.1, 0.15) is 0 Å². The number of hydrogen-bond acceptors (Lipinski definition) is 4. The Balaban J connectivity index is 1.87. The highest BCUT2D eigenvalue weighted by molar-refractivity contribution is 7.84. The van der Waals surface area contributed by atoms with Gasteiger partial charge in [-0.15, -0.1) is 0 Å². The van der Waals surface area contributed by atoms with Crippen molar-refractivity contribution < 1.29 is 13.7 Å². The van der Waals surface area contributed by atoms with Crippen LogP contribution in [0.4, 0.5) is 4.79 Å². The summed E-state index contributed by atoms with van der Waals surface area (Å²) in [5.74, 6) is 1.42. The molecule has 1 amide bonds. The SMILES string of the molecule is CS(=O)c1cc(-c2ccc(Oc3ccccc3)cc2)nn1C(N)=O. The number of nitrogens with zero attached hydrogens (tertiary/aromatic N) is 2. The maximum Gasteiger partial charge on any atom is 0.340 e. The number of hydrogen-bond donors (Lipinski definition) is 1. The van der Waals surface area contributed by atoms with Gasteiger partial charge in [-0.05, 0) is 36.4 Å². The number of primary amides is 1. The Labute approximate surface area is 141 Å². The zero-order valence-corrected chi connectivity index (χ0v) is 13.7. The molecule has 24 heavy (non-hydrogen) atoms. The van der Waals surface area contributed by atoms with Crippen molar-refractivity contribution in [3.63, 3.8) is 0 Å². The third-order valence-electron chi connectivity index (χ3n) is 3.31. The summed E-state index contributed by atoms with van der Waals surface area (Å²) in [6, 6.07) is 17.5. The average Bonchev–Trinajstić information content (AvgIpc) is 3.02. The largest absolute Gasteiger partial charge is 0.457 e. The highest BCUT2D eigenvalue weighted by atomic mass is 32.2. The second-order valence-corrected chi connectivity index (χ2v) is 6.34. The summed E-state index contributed by atoms with van der Waals surface area (Å²) < 4.78 is 18.4. The van der Waals surface area contributed by atoms with Gasteiger partial charge in [-0.25, -0.2) is 4.79 Å². The number of carbonyl (C=O) groups is 1. The van der Waals surface area contributed by atoms with Crippen LogP contribution >= 0.6 is 0 Å². The zero-order valence-electron chi connectivity index (χ0n) is 12.9. The first kappa shape index (κ1) is 15.9. The molecule has 3 rings (SSSR count). The van der Waals surface area contributed by atoms with E-state index >= 15 is 0 Å². The number of rotatable bonds is 4. The minimum absolute atomic E-state index is 0.266. The zero-order chi connectivity index (χ0) is 17.1. The summed E-state index contributed by atoms with van der Waals surface area (Å²) in [4.78, 5) is 11.4. The maximum atomic E-state index is 11.7. The van der Waals surface area contributed by atoms with E-state index in [-0.39, 0.29) is 5.03 Å². The molecule has 2 N–H and O–H groups in total.